The summed E-state index contributed by atoms with van der Waals surface area (Å²) in [5.41, 5.74) is -11.8. The second-order valence-electron chi connectivity index (χ2n) is 22.1. The first-order valence-corrected chi connectivity index (χ1v) is 32.7. The van der Waals surface area contributed by atoms with Gasteiger partial charge in [-0.1, -0.05) is 115 Å². The summed E-state index contributed by atoms with van der Waals surface area (Å²) in [6, 6.07) is -10.5. The second kappa shape index (κ2) is 34.9. The average Bonchev–Trinajstić information content (AvgIpc) is 0.666. The lowest BCUT2D eigenvalue weighted by Gasteiger charge is -2.39. The molecular weight excluding hydrogens is 1410 g/mol. The van der Waals surface area contributed by atoms with Crippen LogP contribution < -0.4 is 10.9 Å². The number of halogens is 10. The number of rotatable bonds is 24. The Balaban J connectivity index is 0.000000278. The molecule has 2 aliphatic rings. The molecule has 2 saturated heterocycles. The Kier molecular flexibility index (Phi) is 14.1. The van der Waals surface area contributed by atoms with Gasteiger partial charge in [-0.05, 0) is 132 Å². The number of amides is 2. The molecule has 10 aromatic rings. The van der Waals surface area contributed by atoms with Gasteiger partial charge in [0.15, 0.2) is 34.1 Å². The third kappa shape index (κ3) is 19.3. The van der Waals surface area contributed by atoms with Crippen LogP contribution in [-0.4, -0.2) is 119 Å². The van der Waals surface area contributed by atoms with E-state index in [1.165, 1.54) is 79.9 Å². The molecule has 0 unspecified atom stereocenters. The van der Waals surface area contributed by atoms with Gasteiger partial charge in [-0.25, -0.2) is 17.6 Å². The van der Waals surface area contributed by atoms with Crippen LogP contribution in [0, 0.1) is 30.2 Å². The monoisotopic (exact) mass is 1520 g/mol. The Morgan fingerprint density at radius 3 is 1.71 bits per heavy atom. The molecule has 12 rings (SSSR count). The number of hydrogen-bond acceptors (Lipinski definition) is 10. The van der Waals surface area contributed by atoms with Crippen LogP contribution in [0.25, 0.3) is 44.1 Å². The predicted molar refractivity (Wildman–Crippen MR) is 391 cm³/mol. The van der Waals surface area contributed by atoms with Gasteiger partial charge in [-0.3, -0.25) is 19.2 Å². The van der Waals surface area contributed by atoms with Crippen molar-refractivity contribution in [2.45, 2.75) is 104 Å². The number of aromatic nitrogens is 2. The lowest BCUT2D eigenvalue weighted by atomic mass is 9.97. The number of methoxy groups -OCH3 is 2. The van der Waals surface area contributed by atoms with Gasteiger partial charge in [0, 0.05) is 146 Å². The number of carbonyl (C=O) groups excluding carboxylic acids is 2. The third-order valence-corrected chi connectivity index (χ3v) is 17.2. The van der Waals surface area contributed by atoms with Crippen LogP contribution in [0.15, 0.2) is 207 Å². The van der Waals surface area contributed by atoms with Crippen LogP contribution in [0.4, 0.5) is 43.9 Å². The zero-order valence-corrected chi connectivity index (χ0v) is 56.3. The van der Waals surface area contributed by atoms with Crippen molar-refractivity contribution < 1.29 is 114 Å². The molecule has 550 valence electrons. The number of thioether (sulfide) groups is 2. The number of ether oxygens (including phenoxy) is 2. The van der Waals surface area contributed by atoms with Crippen molar-refractivity contribution in [3.63, 3.8) is 0 Å². The van der Waals surface area contributed by atoms with Gasteiger partial charge in [0.05, 0.1) is 74.2 Å². The maximum Gasteiger partial charge on any atom is 0.416 e. The SMILES string of the molecule is [2H]C([2H])(C(=O)N(Cc1ccc(-c2ccc(C(F)(F)F)cc2)cc1)C1([2H])C([2H])([2H])C([2H])([2H])N(CCOC)C([2H])([2H])C1([2H])[2H])n1c(SCc2cccc(F)c2F)cc(=O)c2ccccc21.[2H]c1c([2H])c(F)c(F)c(CSc2c([2H])c(=O)c3c([2H])c([2H])c([2H])c([2H])c3n2C([2H])([2H])C(=O)N(Cc2c([2H])c([2H])c(-c3c([2H])c([2H])c(C(F)(F)F)c([2H])c3[2H])c([2H])c2C)C2([2H])C([2H])([2H])C([2H])([2H])N(CCOC)C([2H])([2H])C2([2H])[2H])c1[2H]. The summed E-state index contributed by atoms with van der Waals surface area (Å²) in [6.07, 6.45) is -26.8. The summed E-state index contributed by atoms with van der Waals surface area (Å²) in [7, 11) is 2.21. The minimum Gasteiger partial charge on any atom is -0.383 e. The summed E-state index contributed by atoms with van der Waals surface area (Å²) in [5, 5.41) is -3.10. The van der Waals surface area contributed by atoms with Crippen molar-refractivity contribution in [2.24, 2.45) is 0 Å². The first-order chi connectivity index (χ1) is 65.0. The zero-order chi connectivity index (χ0) is 107. The highest BCUT2D eigenvalue weighted by Crippen LogP contribution is 2.36. The Morgan fingerprint density at radius 1 is 0.543 bits per heavy atom. The van der Waals surface area contributed by atoms with E-state index < -0.39 is 336 Å². The Labute approximate surface area is 662 Å². The molecule has 0 aliphatic carbocycles. The van der Waals surface area contributed by atoms with E-state index in [2.05, 4.69) is 0 Å². The number of benzene rings is 8. The van der Waals surface area contributed by atoms with Gasteiger partial charge in [0.2, 0.25) is 11.8 Å². The number of nitrogens with zero attached hydrogens (tertiary/aromatic N) is 6. The Morgan fingerprint density at radius 2 is 1.10 bits per heavy atom. The number of para-hydroxylation sites is 2. The largest absolute Gasteiger partial charge is 0.416 e. The van der Waals surface area contributed by atoms with Gasteiger partial charge < -0.3 is 38.2 Å². The lowest BCUT2D eigenvalue weighted by molar-refractivity contribution is -0.138. The average molecular weight is 1520 g/mol. The summed E-state index contributed by atoms with van der Waals surface area (Å²) >= 11 is 0.461. The molecule has 0 N–H and O–H groups in total. The maximum absolute atomic E-state index is 15.9. The van der Waals surface area contributed by atoms with E-state index in [4.69, 9.17) is 41.0 Å². The van der Waals surface area contributed by atoms with Crippen molar-refractivity contribution in [2.75, 3.05) is 66.5 Å². The topological polar surface area (TPSA) is 110 Å². The first-order valence-electron chi connectivity index (χ1n) is 49.2. The summed E-state index contributed by atoms with van der Waals surface area (Å²) in [5.74, 6) is -12.6. The smallest absolute Gasteiger partial charge is 0.383 e. The van der Waals surface area contributed by atoms with Crippen LogP contribution in [0.3, 0.4) is 0 Å². The molecule has 0 saturated carbocycles. The standard InChI is InChI=1S/C41H40F5N3O3S.C40H38F5N3O3S/c1-27-22-29(28-12-14-32(15-13-28)41(44,45)46)10-11-30(27)24-48(33-16-18-47(19-17-33)20-21-52-2)38(51)25-49-36-9-4-3-7-34(36)37(50)23-39(49)53-26-31-6-5-8-35(42)40(31)43;1-51-22-21-46-19-17-32(18-20-46)47(24-27-9-11-28(12-10-27)29-13-15-31(16-14-29)40(43,44)45)37(50)25-48-35-8-3-2-6-33(35)36(49)23-38(48)52-26-30-5-4-7-34(41)39(30)42/h3-15,22-23,33H,16-21,24-26H2,1-2H3;2-16,23,32H,17-22,24-26H2,1H3/i3D,4D,5D,6D,7D,8D,9D,10D,11D,12D,13D,14D,15D,16D2,17D2,18D2,19D2,22D,23D,25D2,33D;17D2,18D2,19D2,20D2,25D2,32D. The highest BCUT2D eigenvalue weighted by atomic mass is 32.2. The van der Waals surface area contributed by atoms with E-state index in [0.29, 0.717) is 27.5 Å². The molecule has 2 aliphatic heterocycles. The van der Waals surface area contributed by atoms with Crippen LogP contribution in [0.5, 0.6) is 0 Å². The van der Waals surface area contributed by atoms with E-state index in [1.807, 2.05) is 0 Å². The van der Waals surface area contributed by atoms with Crippen LogP contribution in [-0.2, 0) is 69.0 Å². The van der Waals surface area contributed by atoms with Crippen LogP contribution >= 0.6 is 23.5 Å². The molecule has 2 amide bonds. The Hall–Kier alpha value is -9.04. The summed E-state index contributed by atoms with van der Waals surface area (Å²) < 4.78 is 482. The highest BCUT2D eigenvalue weighted by molar-refractivity contribution is 7.98. The number of piperidine rings is 2. The molecule has 0 atom stereocenters. The number of pyridine rings is 2. The van der Waals surface area contributed by atoms with Gasteiger partial charge >= 0.3 is 12.4 Å². The van der Waals surface area contributed by atoms with Crippen molar-refractivity contribution in [3.8, 4) is 22.3 Å². The number of likely N-dealkylation sites (tertiary alicyclic amines) is 2. The Bertz CT molecular complexity index is 6730. The molecule has 24 heteroatoms. The molecule has 0 radical (unpaired) electrons. The molecule has 8 aromatic carbocycles. The maximum atomic E-state index is 15.9. The minimum atomic E-state index is -5.49. The third-order valence-electron chi connectivity index (χ3n) is 15.2. The van der Waals surface area contributed by atoms with Crippen LogP contribution in [0.1, 0.15) is 115 Å². The predicted octanol–water partition coefficient (Wildman–Crippen LogP) is 17.1. The van der Waals surface area contributed by atoms with E-state index in [1.54, 1.807) is 0 Å². The zero-order valence-electron chi connectivity index (χ0n) is 91.6. The van der Waals surface area contributed by atoms with Gasteiger partial charge in [0.25, 0.3) is 0 Å². The highest BCUT2D eigenvalue weighted by Gasteiger charge is 2.34. The van der Waals surface area contributed by atoms with Gasteiger partial charge in [0.1, 0.15) is 13.0 Å². The van der Waals surface area contributed by atoms with Crippen LogP contribution in [0.2, 0.25) is 0 Å². The quantitative estimate of drug-likeness (QED) is 0.0428. The van der Waals surface area contributed by atoms with E-state index in [9.17, 15) is 68.3 Å². The molecule has 2 aromatic heterocycles. The molecule has 12 nitrogen and oxygen atoms in total. The van der Waals surface area contributed by atoms with E-state index in [0.717, 1.165) is 38.3 Å². The minimum absolute atomic E-state index is 0.0584. The number of hydrogen-bond donors (Lipinski definition) is 0. The fraction of sp³-hybridized carbons (Fsp3) is 0.309. The van der Waals surface area contributed by atoms with Crippen molar-refractivity contribution in [1.29, 1.82) is 0 Å². The van der Waals surface area contributed by atoms with Crippen molar-refractivity contribution >= 4 is 57.1 Å². The first kappa shape index (κ1) is 42.3. The van der Waals surface area contributed by atoms with Gasteiger partial charge in [-0.15, -0.1) is 23.5 Å². The summed E-state index contributed by atoms with van der Waals surface area (Å²) in [4.78, 5) is 58.3. The second-order valence-corrected chi connectivity index (χ2v) is 24.1. The lowest BCUT2D eigenvalue weighted by Crippen LogP contribution is -2.48. The molecule has 2 fully saturated rings. The van der Waals surface area contributed by atoms with Crippen molar-refractivity contribution in [1.82, 2.24) is 28.7 Å². The van der Waals surface area contributed by atoms with Crippen molar-refractivity contribution in [3.05, 3.63) is 270 Å². The molecular formula is C81H78F10N6O6S2. The molecule has 105 heavy (non-hydrogen) atoms. The molecule has 0 spiro atoms. The fourth-order valence-electron chi connectivity index (χ4n) is 9.75. The van der Waals surface area contributed by atoms with E-state index >= 15 is 14.0 Å². The molecule has 0 bridgehead atoms. The number of alkyl halides is 6. The fourth-order valence-corrected chi connectivity index (χ4v) is 11.6. The van der Waals surface area contributed by atoms with Gasteiger partial charge in [-0.2, -0.15) is 26.3 Å². The molecule has 4 heterocycles. The normalized spacial score (nSPS) is 24.0. The number of fused-ring (bicyclic) bond motifs is 2. The number of carbonyl (C=O) groups is 2. The summed E-state index contributed by atoms with van der Waals surface area (Å²) in [6.45, 7) is -28.4. The van der Waals surface area contributed by atoms with E-state index in [-0.39, 0.29) is 58.1 Å².